The Morgan fingerprint density at radius 3 is 2.26 bits per heavy atom. The number of rotatable bonds is 3. The molecule has 0 aliphatic carbocycles. The van der Waals surface area contributed by atoms with Crippen LogP contribution in [-0.4, -0.2) is 49.4 Å². The molecule has 1 aromatic carbocycles. The number of piperazine rings is 1. The fraction of sp³-hybridized carbons (Fsp3) is 0.556. The van der Waals surface area contributed by atoms with E-state index in [0.29, 0.717) is 13.1 Å². The van der Waals surface area contributed by atoms with Crippen LogP contribution < -0.4 is 10.2 Å². The monoisotopic (exact) mass is 317 g/mol. The molecule has 0 atom stereocenters. The van der Waals surface area contributed by atoms with Crippen LogP contribution in [0.2, 0.25) is 0 Å². The van der Waals surface area contributed by atoms with Gasteiger partial charge in [0.05, 0.1) is 6.54 Å². The van der Waals surface area contributed by atoms with Gasteiger partial charge >= 0.3 is 0 Å². The van der Waals surface area contributed by atoms with Crippen molar-refractivity contribution >= 4 is 17.5 Å². The number of hydrogen-bond acceptors (Lipinski definition) is 3. The Kier molecular flexibility index (Phi) is 5.29. The summed E-state index contributed by atoms with van der Waals surface area (Å²) in [6.07, 6.45) is 0. The second kappa shape index (κ2) is 7.02. The minimum absolute atomic E-state index is 0.0102. The van der Waals surface area contributed by atoms with Gasteiger partial charge in [0.1, 0.15) is 0 Å². The molecule has 0 saturated carbocycles. The highest BCUT2D eigenvalue weighted by Crippen LogP contribution is 2.32. The first-order valence-corrected chi connectivity index (χ1v) is 8.15. The molecule has 0 bridgehead atoms. The molecule has 2 rings (SSSR count). The van der Waals surface area contributed by atoms with Gasteiger partial charge in [0.2, 0.25) is 11.8 Å². The van der Waals surface area contributed by atoms with Crippen LogP contribution in [0.5, 0.6) is 0 Å². The van der Waals surface area contributed by atoms with Gasteiger partial charge in [-0.05, 0) is 17.0 Å². The molecule has 1 aromatic rings. The van der Waals surface area contributed by atoms with Crippen molar-refractivity contribution in [1.29, 1.82) is 0 Å². The van der Waals surface area contributed by atoms with Gasteiger partial charge in [0, 0.05) is 38.8 Å². The molecular formula is C18H27N3O2. The van der Waals surface area contributed by atoms with Gasteiger partial charge in [-0.3, -0.25) is 9.59 Å². The van der Waals surface area contributed by atoms with Crippen molar-refractivity contribution in [3.8, 4) is 0 Å². The van der Waals surface area contributed by atoms with E-state index in [1.54, 1.807) is 0 Å². The van der Waals surface area contributed by atoms with Crippen LogP contribution in [0.1, 0.15) is 33.3 Å². The van der Waals surface area contributed by atoms with E-state index in [2.05, 4.69) is 55.3 Å². The average Bonchev–Trinajstić information content (AvgIpc) is 2.52. The second-order valence-electron chi connectivity index (χ2n) is 7.04. The molecule has 5 nitrogen and oxygen atoms in total. The lowest BCUT2D eigenvalue weighted by molar-refractivity contribution is -0.132. The number of nitrogens with zero attached hydrogens (tertiary/aromatic N) is 2. The Bertz CT molecular complexity index is 570. The molecule has 0 unspecified atom stereocenters. The molecule has 0 aromatic heterocycles. The van der Waals surface area contributed by atoms with E-state index in [-0.39, 0.29) is 23.8 Å². The minimum Gasteiger partial charge on any atom is -0.368 e. The Labute approximate surface area is 138 Å². The SMILES string of the molecule is CC(=O)NCC(=O)N1CCN(c2ccccc2C(C)(C)C)CC1. The number of carbonyl (C=O) groups excluding carboxylic acids is 2. The van der Waals surface area contributed by atoms with Crippen molar-refractivity contribution in [2.24, 2.45) is 0 Å². The Morgan fingerprint density at radius 2 is 1.70 bits per heavy atom. The minimum atomic E-state index is -0.170. The van der Waals surface area contributed by atoms with Crippen LogP contribution in [0.3, 0.4) is 0 Å². The highest BCUT2D eigenvalue weighted by Gasteiger charge is 2.25. The van der Waals surface area contributed by atoms with Crippen molar-refractivity contribution in [1.82, 2.24) is 10.2 Å². The summed E-state index contributed by atoms with van der Waals surface area (Å²) in [5, 5.41) is 2.57. The van der Waals surface area contributed by atoms with Crippen LogP contribution >= 0.6 is 0 Å². The van der Waals surface area contributed by atoms with Crippen LogP contribution in [-0.2, 0) is 15.0 Å². The molecule has 0 radical (unpaired) electrons. The van der Waals surface area contributed by atoms with Crippen molar-refractivity contribution in [3.05, 3.63) is 29.8 Å². The topological polar surface area (TPSA) is 52.7 Å². The normalized spacial score (nSPS) is 15.5. The van der Waals surface area contributed by atoms with E-state index < -0.39 is 0 Å². The molecule has 1 aliphatic rings. The summed E-state index contributed by atoms with van der Waals surface area (Å²) >= 11 is 0. The summed E-state index contributed by atoms with van der Waals surface area (Å²) in [4.78, 5) is 27.1. The molecule has 1 saturated heterocycles. The van der Waals surface area contributed by atoms with Gasteiger partial charge in [-0.25, -0.2) is 0 Å². The first-order valence-electron chi connectivity index (χ1n) is 8.15. The molecule has 1 fully saturated rings. The van der Waals surface area contributed by atoms with E-state index in [9.17, 15) is 9.59 Å². The van der Waals surface area contributed by atoms with Gasteiger partial charge < -0.3 is 15.1 Å². The molecule has 1 aliphatic heterocycles. The summed E-state index contributed by atoms with van der Waals surface area (Å²) in [6.45, 7) is 11.2. The van der Waals surface area contributed by atoms with E-state index in [1.165, 1.54) is 18.2 Å². The fourth-order valence-electron chi connectivity index (χ4n) is 2.89. The summed E-state index contributed by atoms with van der Waals surface area (Å²) in [7, 11) is 0. The van der Waals surface area contributed by atoms with Gasteiger partial charge in [-0.1, -0.05) is 39.0 Å². The smallest absolute Gasteiger partial charge is 0.242 e. The second-order valence-corrected chi connectivity index (χ2v) is 7.04. The third kappa shape index (κ3) is 4.47. The first kappa shape index (κ1) is 17.3. The molecule has 1 N–H and O–H groups in total. The molecule has 23 heavy (non-hydrogen) atoms. The highest BCUT2D eigenvalue weighted by atomic mass is 16.2. The van der Waals surface area contributed by atoms with E-state index in [1.807, 2.05) is 4.90 Å². The predicted molar refractivity (Wildman–Crippen MR) is 92.6 cm³/mol. The zero-order chi connectivity index (χ0) is 17.0. The molecule has 1 heterocycles. The number of benzene rings is 1. The Hall–Kier alpha value is -2.04. The zero-order valence-electron chi connectivity index (χ0n) is 14.6. The maximum atomic E-state index is 12.1. The highest BCUT2D eigenvalue weighted by molar-refractivity contribution is 5.83. The molecule has 0 spiro atoms. The summed E-state index contributed by atoms with van der Waals surface area (Å²) in [5.74, 6) is -0.181. The number of para-hydroxylation sites is 1. The van der Waals surface area contributed by atoms with Crippen molar-refractivity contribution in [2.75, 3.05) is 37.6 Å². The lowest BCUT2D eigenvalue weighted by Gasteiger charge is -2.38. The quantitative estimate of drug-likeness (QED) is 0.924. The zero-order valence-corrected chi connectivity index (χ0v) is 14.6. The van der Waals surface area contributed by atoms with Gasteiger partial charge in [-0.15, -0.1) is 0 Å². The van der Waals surface area contributed by atoms with Crippen LogP contribution in [0.4, 0.5) is 5.69 Å². The number of nitrogens with one attached hydrogen (secondary N) is 1. The summed E-state index contributed by atoms with van der Waals surface area (Å²) < 4.78 is 0. The third-order valence-corrected chi connectivity index (χ3v) is 4.17. The Morgan fingerprint density at radius 1 is 1.09 bits per heavy atom. The number of anilines is 1. The molecular weight excluding hydrogens is 290 g/mol. The summed E-state index contributed by atoms with van der Waals surface area (Å²) in [5.41, 5.74) is 2.68. The van der Waals surface area contributed by atoms with Crippen molar-refractivity contribution in [2.45, 2.75) is 33.1 Å². The van der Waals surface area contributed by atoms with E-state index >= 15 is 0 Å². The van der Waals surface area contributed by atoms with Crippen LogP contribution in [0, 0.1) is 0 Å². The largest absolute Gasteiger partial charge is 0.368 e. The Balaban J connectivity index is 2.00. The molecule has 126 valence electrons. The standard InChI is InChI=1S/C18H27N3O2/c1-14(22)19-13-17(23)21-11-9-20(10-12-21)16-8-6-5-7-15(16)18(2,3)4/h5-8H,9-13H2,1-4H3,(H,19,22). The van der Waals surface area contributed by atoms with Gasteiger partial charge in [-0.2, -0.15) is 0 Å². The number of amides is 2. The van der Waals surface area contributed by atoms with Crippen LogP contribution in [0.25, 0.3) is 0 Å². The maximum absolute atomic E-state index is 12.1. The average molecular weight is 317 g/mol. The van der Waals surface area contributed by atoms with Crippen molar-refractivity contribution < 1.29 is 9.59 Å². The van der Waals surface area contributed by atoms with Gasteiger partial charge in [0.25, 0.3) is 0 Å². The van der Waals surface area contributed by atoms with Gasteiger partial charge in [0.15, 0.2) is 0 Å². The molecule has 5 heteroatoms. The third-order valence-electron chi connectivity index (χ3n) is 4.17. The number of hydrogen-bond donors (Lipinski definition) is 1. The van der Waals surface area contributed by atoms with E-state index in [4.69, 9.17) is 0 Å². The fourth-order valence-corrected chi connectivity index (χ4v) is 2.89. The van der Waals surface area contributed by atoms with E-state index in [0.717, 1.165) is 13.1 Å². The molecule has 2 amide bonds. The first-order chi connectivity index (χ1) is 10.8. The van der Waals surface area contributed by atoms with Crippen LogP contribution in [0.15, 0.2) is 24.3 Å². The predicted octanol–water partition coefficient (Wildman–Crippen LogP) is 1.77. The summed E-state index contributed by atoms with van der Waals surface area (Å²) in [6, 6.07) is 8.50. The lowest BCUT2D eigenvalue weighted by atomic mass is 9.85. The lowest BCUT2D eigenvalue weighted by Crippen LogP contribution is -2.51. The number of carbonyl (C=O) groups is 2. The maximum Gasteiger partial charge on any atom is 0.242 e. The van der Waals surface area contributed by atoms with Crippen molar-refractivity contribution in [3.63, 3.8) is 0 Å².